The van der Waals surface area contributed by atoms with Gasteiger partial charge in [0.2, 0.25) is 10.0 Å². The van der Waals surface area contributed by atoms with Crippen LogP contribution in [0.2, 0.25) is 0 Å². The fraction of sp³-hybridized carbons (Fsp3) is 0.467. The topological polar surface area (TPSA) is 95.6 Å². The van der Waals surface area contributed by atoms with Crippen LogP contribution in [0.4, 0.5) is 18.0 Å². The molecule has 1 atom stereocenters. The van der Waals surface area contributed by atoms with Gasteiger partial charge in [-0.15, -0.1) is 0 Å². The molecule has 142 valence electrons. The van der Waals surface area contributed by atoms with Gasteiger partial charge in [-0.3, -0.25) is 10.1 Å². The Bertz CT molecular complexity index is 884. The number of amides is 3. The van der Waals surface area contributed by atoms with E-state index in [0.29, 0.717) is 6.07 Å². The van der Waals surface area contributed by atoms with Crippen LogP contribution in [-0.4, -0.2) is 43.3 Å². The number of urea groups is 1. The molecule has 2 fully saturated rings. The second kappa shape index (κ2) is 6.23. The van der Waals surface area contributed by atoms with Crippen LogP contribution in [0.5, 0.6) is 0 Å². The van der Waals surface area contributed by atoms with Crippen molar-refractivity contribution in [2.45, 2.75) is 30.2 Å². The number of imide groups is 1. The molecule has 2 heterocycles. The van der Waals surface area contributed by atoms with Crippen molar-refractivity contribution in [3.63, 3.8) is 0 Å². The molecule has 0 spiro atoms. The van der Waals surface area contributed by atoms with Gasteiger partial charge >= 0.3 is 6.03 Å². The van der Waals surface area contributed by atoms with E-state index < -0.39 is 49.8 Å². The third-order valence-electron chi connectivity index (χ3n) is 4.94. The van der Waals surface area contributed by atoms with Gasteiger partial charge < -0.3 is 5.32 Å². The first-order chi connectivity index (χ1) is 12.1. The molecule has 2 aliphatic heterocycles. The average molecular weight is 391 g/mol. The zero-order chi connectivity index (χ0) is 19.3. The molecule has 2 aliphatic rings. The minimum Gasteiger partial charge on any atom is -0.323 e. The van der Waals surface area contributed by atoms with Crippen molar-refractivity contribution in [3.05, 3.63) is 29.6 Å². The smallest absolute Gasteiger partial charge is 0.322 e. The van der Waals surface area contributed by atoms with Crippen LogP contribution in [0.15, 0.2) is 17.0 Å². The van der Waals surface area contributed by atoms with Gasteiger partial charge in [0.15, 0.2) is 11.6 Å². The number of halogens is 3. The van der Waals surface area contributed by atoms with E-state index in [2.05, 4.69) is 10.6 Å². The molecule has 0 aromatic heterocycles. The van der Waals surface area contributed by atoms with Crippen LogP contribution in [0.1, 0.15) is 19.8 Å². The average Bonchev–Trinajstić information content (AvgIpc) is 2.84. The normalized spacial score (nSPS) is 25.2. The molecule has 0 aliphatic carbocycles. The summed E-state index contributed by atoms with van der Waals surface area (Å²) in [6.45, 7) is 1.45. The summed E-state index contributed by atoms with van der Waals surface area (Å²) in [5.74, 6) is -5.13. The quantitative estimate of drug-likeness (QED) is 0.596. The van der Waals surface area contributed by atoms with Crippen molar-refractivity contribution in [1.82, 2.24) is 14.9 Å². The summed E-state index contributed by atoms with van der Waals surface area (Å²) in [7, 11) is -4.36. The highest BCUT2D eigenvalue weighted by Crippen LogP contribution is 2.33. The van der Waals surface area contributed by atoms with Gasteiger partial charge in [0.05, 0.1) is 0 Å². The molecule has 11 heteroatoms. The fourth-order valence-electron chi connectivity index (χ4n) is 3.36. The molecule has 0 saturated carbocycles. The third kappa shape index (κ3) is 2.94. The van der Waals surface area contributed by atoms with E-state index in [1.165, 1.54) is 0 Å². The summed E-state index contributed by atoms with van der Waals surface area (Å²) in [5, 5.41) is 4.68. The van der Waals surface area contributed by atoms with E-state index in [9.17, 15) is 31.2 Å². The number of nitrogens with one attached hydrogen (secondary N) is 2. The van der Waals surface area contributed by atoms with E-state index in [1.807, 2.05) is 0 Å². The van der Waals surface area contributed by atoms with Gasteiger partial charge in [-0.1, -0.05) is 0 Å². The van der Waals surface area contributed by atoms with Crippen molar-refractivity contribution in [2.24, 2.45) is 5.92 Å². The van der Waals surface area contributed by atoms with Crippen molar-refractivity contribution < 1.29 is 31.2 Å². The van der Waals surface area contributed by atoms with Gasteiger partial charge in [-0.2, -0.15) is 4.31 Å². The van der Waals surface area contributed by atoms with E-state index >= 15 is 0 Å². The summed E-state index contributed by atoms with van der Waals surface area (Å²) < 4.78 is 66.3. The molecule has 1 aromatic carbocycles. The number of nitrogens with zero attached hydrogens (tertiary/aromatic N) is 1. The second-order valence-electron chi connectivity index (χ2n) is 6.49. The number of sulfonamides is 1. The van der Waals surface area contributed by atoms with E-state index in [4.69, 9.17) is 0 Å². The van der Waals surface area contributed by atoms with Gasteiger partial charge in [0, 0.05) is 19.2 Å². The molecule has 1 aromatic rings. The molecule has 3 rings (SSSR count). The second-order valence-corrected chi connectivity index (χ2v) is 8.39. The fourth-order valence-corrected chi connectivity index (χ4v) is 4.89. The number of hydrogen-bond acceptors (Lipinski definition) is 4. The SMILES string of the molecule is C[C@@]1(C2CCN(S(=O)(=O)c3cc(F)c(F)cc3F)CC2)NC(=O)NC1=O. The maximum absolute atomic E-state index is 13.8. The first-order valence-electron chi connectivity index (χ1n) is 7.84. The maximum atomic E-state index is 13.8. The Balaban J connectivity index is 1.79. The molecule has 2 N–H and O–H groups in total. The van der Waals surface area contributed by atoms with E-state index in [-0.39, 0.29) is 37.9 Å². The number of hydrogen-bond donors (Lipinski definition) is 2. The van der Waals surface area contributed by atoms with E-state index in [1.54, 1.807) is 6.92 Å². The molecule has 2 saturated heterocycles. The van der Waals surface area contributed by atoms with Crippen molar-refractivity contribution in [1.29, 1.82) is 0 Å². The van der Waals surface area contributed by atoms with Gasteiger partial charge in [-0.25, -0.2) is 26.4 Å². The Morgan fingerprint density at radius 2 is 1.65 bits per heavy atom. The summed E-state index contributed by atoms with van der Waals surface area (Å²) >= 11 is 0. The van der Waals surface area contributed by atoms with Crippen LogP contribution in [0, 0.1) is 23.4 Å². The van der Waals surface area contributed by atoms with Crippen molar-refractivity contribution in [3.8, 4) is 0 Å². The standard InChI is InChI=1S/C15H16F3N3O4S/c1-15(13(22)19-14(23)20-15)8-2-4-21(5-3-8)26(24,25)12-7-10(17)9(16)6-11(12)18/h6-8H,2-5H2,1H3,(H2,19,20,22,23)/t15-/m0/s1. The maximum Gasteiger partial charge on any atom is 0.322 e. The number of carbonyl (C=O) groups is 2. The summed E-state index contributed by atoms with van der Waals surface area (Å²) in [6, 6.07) is -0.108. The summed E-state index contributed by atoms with van der Waals surface area (Å²) in [4.78, 5) is 22.4. The predicted octanol–water partition coefficient (Wildman–Crippen LogP) is 1.10. The Hall–Kier alpha value is -2.14. The van der Waals surface area contributed by atoms with Crippen LogP contribution in [0.3, 0.4) is 0 Å². The zero-order valence-electron chi connectivity index (χ0n) is 13.7. The lowest BCUT2D eigenvalue weighted by Crippen LogP contribution is -2.54. The molecule has 0 radical (unpaired) electrons. The first kappa shape index (κ1) is 18.6. The molecule has 0 unspecified atom stereocenters. The monoisotopic (exact) mass is 391 g/mol. The predicted molar refractivity (Wildman–Crippen MR) is 82.9 cm³/mol. The highest BCUT2D eigenvalue weighted by Gasteiger charge is 2.49. The summed E-state index contributed by atoms with van der Waals surface area (Å²) in [5.41, 5.74) is -1.15. The Kier molecular flexibility index (Phi) is 4.47. The largest absolute Gasteiger partial charge is 0.323 e. The number of benzene rings is 1. The minimum absolute atomic E-state index is 0.0514. The zero-order valence-corrected chi connectivity index (χ0v) is 14.5. The number of carbonyl (C=O) groups excluding carboxylic acids is 2. The Morgan fingerprint density at radius 1 is 1.08 bits per heavy atom. The van der Waals surface area contributed by atoms with Crippen LogP contribution < -0.4 is 10.6 Å². The minimum atomic E-state index is -4.36. The highest BCUT2D eigenvalue weighted by molar-refractivity contribution is 7.89. The van der Waals surface area contributed by atoms with Gasteiger partial charge in [0.25, 0.3) is 5.91 Å². The molecule has 0 bridgehead atoms. The molecule has 7 nitrogen and oxygen atoms in total. The molecule has 26 heavy (non-hydrogen) atoms. The molecular weight excluding hydrogens is 375 g/mol. The third-order valence-corrected chi connectivity index (χ3v) is 6.85. The number of piperidine rings is 1. The lowest BCUT2D eigenvalue weighted by molar-refractivity contribution is -0.125. The van der Waals surface area contributed by atoms with Gasteiger partial charge in [-0.05, 0) is 31.7 Å². The van der Waals surface area contributed by atoms with Crippen LogP contribution in [-0.2, 0) is 14.8 Å². The number of rotatable bonds is 3. The lowest BCUT2D eigenvalue weighted by Gasteiger charge is -2.38. The van der Waals surface area contributed by atoms with E-state index in [0.717, 1.165) is 4.31 Å². The Morgan fingerprint density at radius 3 is 2.19 bits per heavy atom. The van der Waals surface area contributed by atoms with Crippen molar-refractivity contribution >= 4 is 22.0 Å². The van der Waals surface area contributed by atoms with Crippen LogP contribution >= 0.6 is 0 Å². The molecule has 3 amide bonds. The van der Waals surface area contributed by atoms with Crippen molar-refractivity contribution in [2.75, 3.05) is 13.1 Å². The molecular formula is C15H16F3N3O4S. The Labute approximate surface area is 147 Å². The summed E-state index contributed by atoms with van der Waals surface area (Å²) in [6.07, 6.45) is 0.462. The lowest BCUT2D eigenvalue weighted by atomic mass is 9.79. The highest BCUT2D eigenvalue weighted by atomic mass is 32.2. The van der Waals surface area contributed by atoms with Crippen LogP contribution in [0.25, 0.3) is 0 Å². The van der Waals surface area contributed by atoms with Gasteiger partial charge in [0.1, 0.15) is 16.3 Å². The first-order valence-corrected chi connectivity index (χ1v) is 9.28.